The number of ether oxygens (including phenoxy) is 1. The van der Waals surface area contributed by atoms with Gasteiger partial charge in [0.05, 0.1) is 7.11 Å². The van der Waals surface area contributed by atoms with E-state index in [1.54, 1.807) is 7.05 Å². The topological polar surface area (TPSA) is 38.2 Å². The van der Waals surface area contributed by atoms with E-state index in [1.165, 1.54) is 43.3 Å². The van der Waals surface area contributed by atoms with Gasteiger partial charge in [-0.05, 0) is 36.5 Å². The second-order valence-electron chi connectivity index (χ2n) is 6.22. The van der Waals surface area contributed by atoms with Crippen LogP contribution in [0.5, 0.6) is 6.01 Å². The fourth-order valence-electron chi connectivity index (χ4n) is 3.26. The second-order valence-corrected chi connectivity index (χ2v) is 6.22. The van der Waals surface area contributed by atoms with Crippen LogP contribution in [0, 0.1) is 0 Å². The molecule has 134 valence electrons. The Labute approximate surface area is 144 Å². The summed E-state index contributed by atoms with van der Waals surface area (Å²) < 4.78 is 44.7. The molecular formula is C18H20F3N3O. The average Bonchev–Trinajstić information content (AvgIpc) is 3.14. The zero-order valence-corrected chi connectivity index (χ0v) is 14.2. The van der Waals surface area contributed by atoms with Crippen molar-refractivity contribution in [1.82, 2.24) is 9.97 Å². The first-order chi connectivity index (χ1) is 11.9. The minimum atomic E-state index is -4.54. The molecule has 0 radical (unpaired) electrons. The first-order valence-electron chi connectivity index (χ1n) is 8.22. The molecule has 0 aliphatic heterocycles. The summed E-state index contributed by atoms with van der Waals surface area (Å²) in [6.45, 7) is 0. The highest BCUT2D eigenvalue weighted by Crippen LogP contribution is 2.39. The van der Waals surface area contributed by atoms with Gasteiger partial charge < -0.3 is 9.64 Å². The number of benzene rings is 1. The van der Waals surface area contributed by atoms with Crippen molar-refractivity contribution in [2.24, 2.45) is 0 Å². The van der Waals surface area contributed by atoms with Gasteiger partial charge in [0.2, 0.25) is 0 Å². The molecule has 3 rings (SSSR count). The number of anilines is 2. The van der Waals surface area contributed by atoms with Gasteiger partial charge in [-0.25, -0.2) is 4.98 Å². The predicted molar refractivity (Wildman–Crippen MR) is 89.3 cm³/mol. The number of alkyl halides is 3. The molecule has 1 aromatic heterocycles. The lowest BCUT2D eigenvalue weighted by Gasteiger charge is -2.23. The molecule has 1 fully saturated rings. The molecule has 0 unspecified atom stereocenters. The minimum absolute atomic E-state index is 0.0996. The van der Waals surface area contributed by atoms with E-state index in [0.29, 0.717) is 11.6 Å². The van der Waals surface area contributed by atoms with Crippen molar-refractivity contribution in [3.8, 4) is 6.01 Å². The van der Waals surface area contributed by atoms with E-state index in [0.717, 1.165) is 6.20 Å². The largest absolute Gasteiger partial charge is 0.467 e. The van der Waals surface area contributed by atoms with E-state index in [4.69, 9.17) is 4.74 Å². The van der Waals surface area contributed by atoms with Gasteiger partial charge >= 0.3 is 12.2 Å². The van der Waals surface area contributed by atoms with Crippen LogP contribution in [0.15, 0.2) is 30.5 Å². The fourth-order valence-corrected chi connectivity index (χ4v) is 3.26. The van der Waals surface area contributed by atoms with E-state index >= 15 is 0 Å². The Hall–Kier alpha value is -2.31. The van der Waals surface area contributed by atoms with Gasteiger partial charge in [0.15, 0.2) is 5.82 Å². The third-order valence-corrected chi connectivity index (χ3v) is 4.66. The van der Waals surface area contributed by atoms with Crippen molar-refractivity contribution in [3.63, 3.8) is 0 Å². The third-order valence-electron chi connectivity index (χ3n) is 4.66. The highest BCUT2D eigenvalue weighted by molar-refractivity contribution is 5.63. The van der Waals surface area contributed by atoms with Crippen LogP contribution in [0.3, 0.4) is 0 Å². The Bertz CT molecular complexity index is 725. The number of methoxy groups -OCH3 is 1. The molecule has 25 heavy (non-hydrogen) atoms. The zero-order valence-electron chi connectivity index (χ0n) is 14.2. The van der Waals surface area contributed by atoms with E-state index in [-0.39, 0.29) is 11.8 Å². The van der Waals surface area contributed by atoms with Crippen LogP contribution < -0.4 is 9.64 Å². The van der Waals surface area contributed by atoms with Gasteiger partial charge in [0.25, 0.3) is 0 Å². The van der Waals surface area contributed by atoms with Crippen molar-refractivity contribution < 1.29 is 17.9 Å². The molecule has 4 nitrogen and oxygen atoms in total. The molecule has 0 atom stereocenters. The van der Waals surface area contributed by atoms with Crippen molar-refractivity contribution in [2.45, 2.75) is 37.8 Å². The van der Waals surface area contributed by atoms with Gasteiger partial charge in [0.1, 0.15) is 5.56 Å². The summed E-state index contributed by atoms with van der Waals surface area (Å²) >= 11 is 0. The molecular weight excluding hydrogens is 331 g/mol. The maximum absolute atomic E-state index is 13.3. The first-order valence-corrected chi connectivity index (χ1v) is 8.22. The maximum Gasteiger partial charge on any atom is 0.421 e. The van der Waals surface area contributed by atoms with E-state index in [9.17, 15) is 13.2 Å². The molecule has 0 saturated heterocycles. The SMILES string of the molecule is COc1ncc(C(F)(F)F)c(N(C)c2ccc(C3CCCC3)cc2)n1. The molecule has 1 aliphatic rings. The predicted octanol–water partition coefficient (Wildman–Crippen LogP) is 4.93. The number of hydrogen-bond acceptors (Lipinski definition) is 4. The minimum Gasteiger partial charge on any atom is -0.467 e. The second kappa shape index (κ2) is 6.90. The van der Waals surface area contributed by atoms with Gasteiger partial charge in [-0.1, -0.05) is 25.0 Å². The summed E-state index contributed by atoms with van der Waals surface area (Å²) in [5.41, 5.74) is 0.981. The molecule has 2 aromatic rings. The highest BCUT2D eigenvalue weighted by atomic mass is 19.4. The van der Waals surface area contributed by atoms with Crippen molar-refractivity contribution in [3.05, 3.63) is 41.6 Å². The van der Waals surface area contributed by atoms with Crippen molar-refractivity contribution in [1.29, 1.82) is 0 Å². The Morgan fingerprint density at radius 2 is 1.76 bits per heavy atom. The zero-order chi connectivity index (χ0) is 18.0. The molecule has 0 amide bonds. The van der Waals surface area contributed by atoms with Crippen LogP contribution >= 0.6 is 0 Å². The summed E-state index contributed by atoms with van der Waals surface area (Å²) in [6.07, 6.45) is 1.04. The summed E-state index contributed by atoms with van der Waals surface area (Å²) in [5.74, 6) is 0.331. The highest BCUT2D eigenvalue weighted by Gasteiger charge is 2.36. The quantitative estimate of drug-likeness (QED) is 0.783. The van der Waals surface area contributed by atoms with E-state index in [1.807, 2.05) is 24.3 Å². The van der Waals surface area contributed by atoms with E-state index < -0.39 is 11.7 Å². The summed E-state index contributed by atoms with van der Waals surface area (Å²) in [6, 6.07) is 7.56. The Morgan fingerprint density at radius 1 is 1.12 bits per heavy atom. The number of hydrogen-bond donors (Lipinski definition) is 0. The lowest BCUT2D eigenvalue weighted by atomic mass is 9.97. The lowest BCUT2D eigenvalue weighted by Crippen LogP contribution is -2.19. The molecule has 0 bridgehead atoms. The van der Waals surface area contributed by atoms with Gasteiger partial charge in [0, 0.05) is 18.9 Å². The number of nitrogens with zero attached hydrogens (tertiary/aromatic N) is 3. The maximum atomic E-state index is 13.3. The molecule has 1 aliphatic carbocycles. The summed E-state index contributed by atoms with van der Waals surface area (Å²) in [4.78, 5) is 8.90. The third kappa shape index (κ3) is 3.70. The molecule has 1 saturated carbocycles. The van der Waals surface area contributed by atoms with Crippen LogP contribution in [0.1, 0.15) is 42.7 Å². The van der Waals surface area contributed by atoms with Crippen molar-refractivity contribution in [2.75, 3.05) is 19.1 Å². The summed E-state index contributed by atoms with van der Waals surface area (Å²) in [5, 5.41) is 0. The smallest absolute Gasteiger partial charge is 0.421 e. The van der Waals surface area contributed by atoms with Crippen LogP contribution in [-0.4, -0.2) is 24.1 Å². The average molecular weight is 351 g/mol. The lowest BCUT2D eigenvalue weighted by molar-refractivity contribution is -0.137. The fraction of sp³-hybridized carbons (Fsp3) is 0.444. The Balaban J connectivity index is 1.92. The molecule has 1 heterocycles. The molecule has 0 spiro atoms. The monoisotopic (exact) mass is 351 g/mol. The van der Waals surface area contributed by atoms with Gasteiger partial charge in [-0.3, -0.25) is 0 Å². The van der Waals surface area contributed by atoms with Crippen molar-refractivity contribution >= 4 is 11.5 Å². The van der Waals surface area contributed by atoms with E-state index in [2.05, 4.69) is 9.97 Å². The number of aromatic nitrogens is 2. The van der Waals surface area contributed by atoms with Gasteiger partial charge in [-0.2, -0.15) is 18.2 Å². The van der Waals surface area contributed by atoms with Crippen LogP contribution in [0.4, 0.5) is 24.7 Å². The number of halogens is 3. The first kappa shape index (κ1) is 17.5. The standard InChI is InChI=1S/C18H20F3N3O/c1-24(14-9-7-13(8-10-14)12-5-3-4-6-12)16-15(18(19,20)21)11-22-17(23-16)25-2/h7-12H,3-6H2,1-2H3. The molecule has 0 N–H and O–H groups in total. The van der Waals surface area contributed by atoms with Crippen LogP contribution in [0.25, 0.3) is 0 Å². The molecule has 1 aromatic carbocycles. The normalized spacial score (nSPS) is 15.4. The number of rotatable bonds is 4. The van der Waals surface area contributed by atoms with Crippen LogP contribution in [-0.2, 0) is 6.18 Å². The van der Waals surface area contributed by atoms with Gasteiger partial charge in [-0.15, -0.1) is 0 Å². The summed E-state index contributed by atoms with van der Waals surface area (Å²) in [7, 11) is 2.88. The Morgan fingerprint density at radius 3 is 2.32 bits per heavy atom. The Kier molecular flexibility index (Phi) is 4.83. The van der Waals surface area contributed by atoms with Crippen LogP contribution in [0.2, 0.25) is 0 Å². The molecule has 7 heteroatoms.